The summed E-state index contributed by atoms with van der Waals surface area (Å²) in [5.41, 5.74) is 2.22. The summed E-state index contributed by atoms with van der Waals surface area (Å²) >= 11 is 7.88. The number of nitrogens with one attached hydrogen (secondary N) is 1. The quantitative estimate of drug-likeness (QED) is 0.522. The molecule has 0 saturated carbocycles. The molecule has 0 spiro atoms. The standard InChI is InChI=1S/C23H19ClF3N7OS/c24-15-9-12(25)1-2-14(15)19-18(16-3-6-34(31-16)22(26)27)17-10-13(32-7-4-29-23(32)35)11-33(17)20(30-19)21-28-5-8-36-21/h1-3,5-6,8-9,13,19,22H,4,7,10-11H2,(H,29,35)/t13-,19-/m0/s1. The monoisotopic (exact) mass is 533 g/mol. The van der Waals surface area contributed by atoms with Crippen molar-refractivity contribution in [2.45, 2.75) is 25.1 Å². The zero-order valence-electron chi connectivity index (χ0n) is 18.6. The average molecular weight is 534 g/mol. The Balaban J connectivity index is 1.55. The molecule has 186 valence electrons. The van der Waals surface area contributed by atoms with Crippen LogP contribution in [0.2, 0.25) is 5.02 Å². The third-order valence-electron chi connectivity index (χ3n) is 6.54. The maximum atomic E-state index is 13.9. The van der Waals surface area contributed by atoms with Gasteiger partial charge in [-0.2, -0.15) is 13.9 Å². The summed E-state index contributed by atoms with van der Waals surface area (Å²) in [6.45, 7) is -1.22. The lowest BCUT2D eigenvalue weighted by Crippen LogP contribution is -2.41. The lowest BCUT2D eigenvalue weighted by molar-refractivity contribution is 0.0564. The molecule has 0 bridgehead atoms. The molecule has 2 aromatic heterocycles. The van der Waals surface area contributed by atoms with Crippen LogP contribution in [-0.2, 0) is 0 Å². The van der Waals surface area contributed by atoms with Crippen molar-refractivity contribution < 1.29 is 18.0 Å². The van der Waals surface area contributed by atoms with Gasteiger partial charge < -0.3 is 15.1 Å². The number of urea groups is 1. The van der Waals surface area contributed by atoms with Crippen LogP contribution in [0.4, 0.5) is 18.0 Å². The molecule has 2 amide bonds. The van der Waals surface area contributed by atoms with E-state index in [1.54, 1.807) is 17.2 Å². The molecule has 3 aliphatic heterocycles. The maximum Gasteiger partial charge on any atom is 0.333 e. The number of carbonyl (C=O) groups is 1. The molecule has 5 heterocycles. The number of amides is 2. The fourth-order valence-corrected chi connectivity index (χ4v) is 5.89. The molecule has 3 aromatic rings. The first-order valence-electron chi connectivity index (χ1n) is 11.2. The van der Waals surface area contributed by atoms with Gasteiger partial charge >= 0.3 is 12.6 Å². The number of amidine groups is 1. The smallest absolute Gasteiger partial charge is 0.333 e. The molecule has 1 aromatic carbocycles. The number of benzene rings is 1. The SMILES string of the molecule is O=C1NCCN1[C@H]1CC2=C(c3ccn(C(F)F)n3)[C@H](c3ccc(F)cc3Cl)N=C(c3nccs3)N2C1. The highest BCUT2D eigenvalue weighted by atomic mass is 35.5. The number of halogens is 4. The first kappa shape index (κ1) is 23.0. The van der Waals surface area contributed by atoms with Crippen LogP contribution in [0.3, 0.4) is 0 Å². The molecule has 6 rings (SSSR count). The average Bonchev–Trinajstić information content (AvgIpc) is 3.64. The van der Waals surface area contributed by atoms with Crippen molar-refractivity contribution in [2.24, 2.45) is 4.99 Å². The third kappa shape index (κ3) is 3.84. The highest BCUT2D eigenvalue weighted by Crippen LogP contribution is 2.46. The Morgan fingerprint density at radius 3 is 2.78 bits per heavy atom. The van der Waals surface area contributed by atoms with Gasteiger partial charge in [0.25, 0.3) is 0 Å². The van der Waals surface area contributed by atoms with E-state index in [2.05, 4.69) is 15.4 Å². The number of aromatic nitrogens is 3. The first-order valence-corrected chi connectivity index (χ1v) is 12.5. The highest BCUT2D eigenvalue weighted by Gasteiger charge is 2.44. The largest absolute Gasteiger partial charge is 0.336 e. The Hall–Kier alpha value is -3.38. The predicted octanol–water partition coefficient (Wildman–Crippen LogP) is 4.54. The lowest BCUT2D eigenvalue weighted by atomic mass is 9.92. The van der Waals surface area contributed by atoms with Gasteiger partial charge in [0.2, 0.25) is 0 Å². The van der Waals surface area contributed by atoms with E-state index in [0.717, 1.165) is 5.70 Å². The minimum Gasteiger partial charge on any atom is -0.336 e. The Kier molecular flexibility index (Phi) is 5.72. The Morgan fingerprint density at radius 2 is 2.11 bits per heavy atom. The molecule has 1 N–H and O–H groups in total. The first-order chi connectivity index (χ1) is 17.4. The summed E-state index contributed by atoms with van der Waals surface area (Å²) in [6, 6.07) is 4.50. The van der Waals surface area contributed by atoms with E-state index < -0.39 is 18.4 Å². The second-order valence-electron chi connectivity index (χ2n) is 8.57. The number of hydrogen-bond acceptors (Lipinski definition) is 6. The van der Waals surface area contributed by atoms with Gasteiger partial charge in [-0.05, 0) is 18.2 Å². The van der Waals surface area contributed by atoms with E-state index in [0.29, 0.717) is 58.4 Å². The summed E-state index contributed by atoms with van der Waals surface area (Å²) in [7, 11) is 0. The summed E-state index contributed by atoms with van der Waals surface area (Å²) < 4.78 is 41.3. The lowest BCUT2D eigenvalue weighted by Gasteiger charge is -2.32. The van der Waals surface area contributed by atoms with Gasteiger partial charge in [-0.25, -0.2) is 18.9 Å². The van der Waals surface area contributed by atoms with E-state index in [-0.39, 0.29) is 17.1 Å². The molecule has 2 fully saturated rings. The topological polar surface area (TPSA) is 78.6 Å². The normalized spacial score (nSPS) is 21.9. The number of nitrogens with zero attached hydrogens (tertiary/aromatic N) is 6. The van der Waals surface area contributed by atoms with Crippen LogP contribution in [-0.4, -0.2) is 62.1 Å². The number of carbonyl (C=O) groups excluding carboxylic acids is 1. The minimum absolute atomic E-state index is 0.144. The van der Waals surface area contributed by atoms with Crippen LogP contribution in [0.25, 0.3) is 5.57 Å². The summed E-state index contributed by atoms with van der Waals surface area (Å²) in [5, 5.41) is 9.63. The Morgan fingerprint density at radius 1 is 1.25 bits per heavy atom. The molecule has 8 nitrogen and oxygen atoms in total. The van der Waals surface area contributed by atoms with Crippen molar-refractivity contribution >= 4 is 40.4 Å². The van der Waals surface area contributed by atoms with Crippen molar-refractivity contribution in [1.82, 2.24) is 29.9 Å². The molecule has 2 saturated heterocycles. The molecule has 3 aliphatic rings. The van der Waals surface area contributed by atoms with Gasteiger partial charge in [0.1, 0.15) is 11.9 Å². The summed E-state index contributed by atoms with van der Waals surface area (Å²) in [4.78, 5) is 25.7. The zero-order valence-corrected chi connectivity index (χ0v) is 20.2. The van der Waals surface area contributed by atoms with Crippen LogP contribution in [0.1, 0.15) is 35.3 Å². The number of thiazole rings is 1. The molecule has 13 heteroatoms. The van der Waals surface area contributed by atoms with Crippen molar-refractivity contribution in [3.05, 3.63) is 74.8 Å². The number of hydrogen-bond donors (Lipinski definition) is 1. The van der Waals surface area contributed by atoms with Crippen LogP contribution in [0.5, 0.6) is 0 Å². The van der Waals surface area contributed by atoms with Crippen molar-refractivity contribution in [3.63, 3.8) is 0 Å². The van der Waals surface area contributed by atoms with Crippen LogP contribution in [0, 0.1) is 5.82 Å². The van der Waals surface area contributed by atoms with Gasteiger partial charge in [0.05, 0.1) is 11.7 Å². The Labute approximate surface area is 212 Å². The van der Waals surface area contributed by atoms with Crippen molar-refractivity contribution in [1.29, 1.82) is 0 Å². The highest BCUT2D eigenvalue weighted by molar-refractivity contribution is 7.11. The van der Waals surface area contributed by atoms with Gasteiger partial charge in [-0.3, -0.25) is 4.99 Å². The molecule has 36 heavy (non-hydrogen) atoms. The Bertz CT molecular complexity index is 1390. The number of fused-ring (bicyclic) bond motifs is 1. The summed E-state index contributed by atoms with van der Waals surface area (Å²) in [6.07, 6.45) is 3.35. The van der Waals surface area contributed by atoms with Crippen molar-refractivity contribution in [3.8, 4) is 0 Å². The van der Waals surface area contributed by atoms with Gasteiger partial charge in [0.15, 0.2) is 10.8 Å². The van der Waals surface area contributed by atoms with Crippen molar-refractivity contribution in [2.75, 3.05) is 19.6 Å². The number of aliphatic imine (C=N–C) groups is 1. The van der Waals surface area contributed by atoms with Gasteiger partial charge in [-0.15, -0.1) is 11.3 Å². The van der Waals surface area contributed by atoms with E-state index in [1.165, 1.54) is 35.7 Å². The maximum absolute atomic E-state index is 13.9. The number of rotatable bonds is 5. The molecule has 0 unspecified atom stereocenters. The molecular formula is C23H19ClF3N7OS. The van der Waals surface area contributed by atoms with Crippen LogP contribution < -0.4 is 5.32 Å². The van der Waals surface area contributed by atoms with E-state index in [9.17, 15) is 18.0 Å². The molecular weight excluding hydrogens is 515 g/mol. The van der Waals surface area contributed by atoms with Crippen LogP contribution in [0.15, 0.2) is 52.7 Å². The third-order valence-corrected chi connectivity index (χ3v) is 7.63. The van der Waals surface area contributed by atoms with E-state index in [1.807, 2.05) is 10.3 Å². The zero-order chi connectivity index (χ0) is 25.0. The van der Waals surface area contributed by atoms with E-state index >= 15 is 0 Å². The van der Waals surface area contributed by atoms with Crippen LogP contribution >= 0.6 is 22.9 Å². The predicted molar refractivity (Wildman–Crippen MR) is 128 cm³/mol. The molecule has 0 radical (unpaired) electrons. The fraction of sp³-hybridized carbons (Fsp3) is 0.304. The minimum atomic E-state index is -2.81. The number of alkyl halides is 2. The second-order valence-corrected chi connectivity index (χ2v) is 9.87. The van der Waals surface area contributed by atoms with E-state index in [4.69, 9.17) is 16.6 Å². The molecule has 0 aliphatic carbocycles. The summed E-state index contributed by atoms with van der Waals surface area (Å²) in [5.74, 6) is 0.0898. The van der Waals surface area contributed by atoms with Gasteiger partial charge in [-0.1, -0.05) is 17.7 Å². The molecule has 2 atom stereocenters. The fourth-order valence-electron chi connectivity index (χ4n) is 4.98. The second kappa shape index (κ2) is 8.93. The van der Waals surface area contributed by atoms with Gasteiger partial charge in [0, 0.05) is 65.7 Å².